The van der Waals surface area contributed by atoms with Crippen LogP contribution >= 0.6 is 0 Å². The Kier molecular flexibility index (Phi) is 6.57. The number of hydrogen-bond acceptors (Lipinski definition) is 5. The van der Waals surface area contributed by atoms with E-state index in [-0.39, 0.29) is 11.6 Å². The molecule has 22 heavy (non-hydrogen) atoms. The van der Waals surface area contributed by atoms with Crippen molar-refractivity contribution in [1.82, 2.24) is 0 Å². The Morgan fingerprint density at radius 3 is 2.77 bits per heavy atom. The predicted octanol–water partition coefficient (Wildman–Crippen LogP) is 2.35. The molecular weight excluding hydrogens is 280 g/mol. The van der Waals surface area contributed by atoms with Gasteiger partial charge in [0.25, 0.3) is 0 Å². The first-order valence-corrected chi connectivity index (χ1v) is 6.96. The number of amides is 1. The highest BCUT2D eigenvalue weighted by atomic mass is 16.1. The van der Waals surface area contributed by atoms with Crippen LogP contribution in [0, 0.1) is 23.7 Å². The quantitative estimate of drug-likeness (QED) is 0.350. The maximum atomic E-state index is 11.7. The summed E-state index contributed by atoms with van der Waals surface area (Å²) in [7, 11) is 0. The lowest BCUT2D eigenvalue weighted by molar-refractivity contribution is -0.116. The van der Waals surface area contributed by atoms with Gasteiger partial charge in [-0.05, 0) is 37.1 Å². The molecule has 0 bridgehead atoms. The van der Waals surface area contributed by atoms with E-state index in [0.29, 0.717) is 12.1 Å². The number of rotatable bonds is 7. The number of nitrogens with zero attached hydrogens (tertiary/aromatic N) is 2. The van der Waals surface area contributed by atoms with Gasteiger partial charge in [-0.15, -0.1) is 0 Å². The molecule has 116 valence electrons. The van der Waals surface area contributed by atoms with Gasteiger partial charge in [0, 0.05) is 12.1 Å². The van der Waals surface area contributed by atoms with Crippen LogP contribution < -0.4 is 16.5 Å². The zero-order valence-corrected chi connectivity index (χ0v) is 12.7. The molecule has 0 aliphatic rings. The lowest BCUT2D eigenvalue weighted by Gasteiger charge is -2.10. The third-order valence-corrected chi connectivity index (χ3v) is 2.92. The van der Waals surface area contributed by atoms with Crippen molar-refractivity contribution >= 4 is 28.8 Å². The fourth-order valence-corrected chi connectivity index (χ4v) is 1.69. The van der Waals surface area contributed by atoms with Gasteiger partial charge in [-0.3, -0.25) is 15.6 Å². The molecule has 0 saturated heterocycles. The molecule has 0 aliphatic carbocycles. The fourth-order valence-electron chi connectivity index (χ4n) is 1.69. The van der Waals surface area contributed by atoms with Gasteiger partial charge in [0.2, 0.25) is 11.6 Å². The molecule has 0 heterocycles. The second-order valence-electron chi connectivity index (χ2n) is 4.78. The van der Waals surface area contributed by atoms with E-state index in [1.54, 1.807) is 24.3 Å². The first kappa shape index (κ1) is 17.2. The summed E-state index contributed by atoms with van der Waals surface area (Å²) in [5.41, 5.74) is 9.92. The van der Waals surface area contributed by atoms with E-state index >= 15 is 0 Å². The Balaban J connectivity index is 2.76. The number of nitrogens with one attached hydrogen (secondary N) is 3. The minimum absolute atomic E-state index is 0.00738. The largest absolute Gasteiger partial charge is 0.382 e. The number of unbranched alkanes of at least 4 members (excludes halogenated alkanes) is 1. The average molecular weight is 300 g/mol. The van der Waals surface area contributed by atoms with E-state index in [2.05, 4.69) is 15.8 Å². The van der Waals surface area contributed by atoms with Gasteiger partial charge in [-0.25, -0.2) is 0 Å². The molecule has 1 aromatic rings. The van der Waals surface area contributed by atoms with Crippen LogP contribution in [0.3, 0.4) is 0 Å². The van der Waals surface area contributed by atoms with Gasteiger partial charge in [0.05, 0.1) is 5.69 Å². The van der Waals surface area contributed by atoms with Gasteiger partial charge in [-0.1, -0.05) is 13.3 Å². The molecule has 0 atom stereocenters. The van der Waals surface area contributed by atoms with Crippen molar-refractivity contribution in [3.63, 3.8) is 0 Å². The molecule has 7 heteroatoms. The fraction of sp³-hybridized carbons (Fsp3) is 0.333. The number of amidine groups is 1. The smallest absolute Gasteiger partial charge is 0.224 e. The van der Waals surface area contributed by atoms with Gasteiger partial charge in [0.15, 0.2) is 5.84 Å². The molecule has 0 aromatic heterocycles. The zero-order valence-electron chi connectivity index (χ0n) is 12.7. The van der Waals surface area contributed by atoms with Crippen LogP contribution in [0.5, 0.6) is 0 Å². The van der Waals surface area contributed by atoms with Crippen molar-refractivity contribution in [3.05, 3.63) is 23.8 Å². The van der Waals surface area contributed by atoms with Crippen molar-refractivity contribution < 1.29 is 4.79 Å². The summed E-state index contributed by atoms with van der Waals surface area (Å²) in [6.07, 6.45) is 2.34. The summed E-state index contributed by atoms with van der Waals surface area (Å²) >= 11 is 0. The first-order valence-electron chi connectivity index (χ1n) is 6.96. The predicted molar refractivity (Wildman–Crippen MR) is 87.9 cm³/mol. The van der Waals surface area contributed by atoms with Crippen LogP contribution in [-0.4, -0.2) is 17.5 Å². The standard InChI is InChI=1S/C15H20N6O/c1-3-4-5-14(22)19-12-7-6-11(8-10(12)2)20-21-13(9-16)15(17)18/h6-8,20H,3-5H2,1-2H3,(H3,17,18)(H,19,22)/b21-13+. The maximum Gasteiger partial charge on any atom is 0.224 e. The summed E-state index contributed by atoms with van der Waals surface area (Å²) in [4.78, 5) is 11.7. The van der Waals surface area contributed by atoms with Crippen LogP contribution in [0.25, 0.3) is 0 Å². The van der Waals surface area contributed by atoms with Crippen molar-refractivity contribution in [2.45, 2.75) is 33.1 Å². The normalized spacial score (nSPS) is 10.7. The molecule has 0 aliphatic heterocycles. The van der Waals surface area contributed by atoms with Gasteiger partial charge in [-0.2, -0.15) is 10.4 Å². The highest BCUT2D eigenvalue weighted by molar-refractivity contribution is 6.45. The number of benzene rings is 1. The number of hydrogen-bond donors (Lipinski definition) is 4. The molecule has 0 saturated carbocycles. The third-order valence-electron chi connectivity index (χ3n) is 2.92. The number of nitrogens with two attached hydrogens (primary N) is 1. The Hall–Kier alpha value is -2.88. The lowest BCUT2D eigenvalue weighted by atomic mass is 10.1. The molecule has 1 amide bonds. The molecule has 7 nitrogen and oxygen atoms in total. The summed E-state index contributed by atoms with van der Waals surface area (Å²) in [6.45, 7) is 3.90. The van der Waals surface area contributed by atoms with E-state index in [1.165, 1.54) is 0 Å². The number of carbonyl (C=O) groups excluding carboxylic acids is 1. The van der Waals surface area contributed by atoms with Crippen LogP contribution in [0.1, 0.15) is 31.7 Å². The second kappa shape index (κ2) is 8.42. The maximum absolute atomic E-state index is 11.7. The average Bonchev–Trinajstić information content (AvgIpc) is 2.48. The molecule has 0 spiro atoms. The van der Waals surface area contributed by atoms with Crippen molar-refractivity contribution in [2.24, 2.45) is 10.8 Å². The first-order chi connectivity index (χ1) is 10.5. The third kappa shape index (κ3) is 5.25. The van der Waals surface area contributed by atoms with Crippen LogP contribution in [0.2, 0.25) is 0 Å². The molecule has 0 fully saturated rings. The number of nitriles is 1. The van der Waals surface area contributed by atoms with Crippen LogP contribution in [0.15, 0.2) is 23.3 Å². The van der Waals surface area contributed by atoms with E-state index in [4.69, 9.17) is 16.4 Å². The minimum atomic E-state index is -0.397. The van der Waals surface area contributed by atoms with E-state index in [0.717, 1.165) is 24.1 Å². The van der Waals surface area contributed by atoms with Crippen molar-refractivity contribution in [3.8, 4) is 6.07 Å². The molecular formula is C15H20N6O. The lowest BCUT2D eigenvalue weighted by Crippen LogP contribution is -2.21. The number of anilines is 2. The summed E-state index contributed by atoms with van der Waals surface area (Å²) < 4.78 is 0. The summed E-state index contributed by atoms with van der Waals surface area (Å²) in [6, 6.07) is 6.99. The molecule has 1 rings (SSSR count). The minimum Gasteiger partial charge on any atom is -0.382 e. The van der Waals surface area contributed by atoms with E-state index < -0.39 is 5.84 Å². The topological polar surface area (TPSA) is 127 Å². The second-order valence-corrected chi connectivity index (χ2v) is 4.78. The highest BCUT2D eigenvalue weighted by Crippen LogP contribution is 2.20. The molecule has 0 radical (unpaired) electrons. The van der Waals surface area contributed by atoms with Crippen LogP contribution in [0.4, 0.5) is 11.4 Å². The van der Waals surface area contributed by atoms with E-state index in [1.807, 2.05) is 13.8 Å². The van der Waals surface area contributed by atoms with Gasteiger partial charge < -0.3 is 11.1 Å². The molecule has 1 aromatic carbocycles. The van der Waals surface area contributed by atoms with Gasteiger partial charge >= 0.3 is 0 Å². The molecule has 0 unspecified atom stereocenters. The number of aryl methyl sites for hydroxylation is 1. The number of hydrazone groups is 1. The Morgan fingerprint density at radius 1 is 1.50 bits per heavy atom. The molecule has 5 N–H and O–H groups in total. The summed E-state index contributed by atoms with van der Waals surface area (Å²) in [5.74, 6) is -0.404. The SMILES string of the molecule is CCCCC(=O)Nc1ccc(N/N=C(\C#N)C(=N)N)cc1C. The van der Waals surface area contributed by atoms with Crippen molar-refractivity contribution in [2.75, 3.05) is 10.7 Å². The Labute approximate surface area is 129 Å². The van der Waals surface area contributed by atoms with Gasteiger partial charge in [0.1, 0.15) is 6.07 Å². The van der Waals surface area contributed by atoms with E-state index in [9.17, 15) is 4.79 Å². The highest BCUT2D eigenvalue weighted by Gasteiger charge is 2.06. The zero-order chi connectivity index (χ0) is 16.5. The van der Waals surface area contributed by atoms with Crippen molar-refractivity contribution in [1.29, 1.82) is 10.7 Å². The Bertz CT molecular complexity index is 629. The monoisotopic (exact) mass is 300 g/mol. The summed E-state index contributed by atoms with van der Waals surface area (Å²) in [5, 5.41) is 22.5. The Morgan fingerprint density at radius 2 is 2.23 bits per heavy atom. The number of carbonyl (C=O) groups is 1. The van der Waals surface area contributed by atoms with Crippen LogP contribution in [-0.2, 0) is 4.79 Å².